The van der Waals surface area contributed by atoms with Crippen LogP contribution in [0.2, 0.25) is 0 Å². The number of hydrogen-bond donors (Lipinski definition) is 0. The molecule has 2 aliphatic rings. The Labute approximate surface area is 169 Å². The number of halogens is 1. The molecule has 136 valence electrons. The molecular weight excluding hydrogens is 428 g/mol. The molecule has 0 radical (unpaired) electrons. The minimum Gasteiger partial charge on any atom is -0.308 e. The first kappa shape index (κ1) is 18.0. The number of amides is 3. The van der Waals surface area contributed by atoms with E-state index in [1.807, 2.05) is 55.5 Å². The van der Waals surface area contributed by atoms with Crippen molar-refractivity contribution >= 4 is 56.0 Å². The van der Waals surface area contributed by atoms with Gasteiger partial charge in [0.1, 0.15) is 0 Å². The maximum atomic E-state index is 13.0. The van der Waals surface area contributed by atoms with Crippen molar-refractivity contribution in [2.24, 2.45) is 0 Å². The standard InChI is InChI=1S/C20H15BrN2O3S/c1-2-22-15-9-8-13(21)10-14(15)16(18(22)24)17-19(25)23(20(26)27-17)11-12-6-4-3-5-7-12/h3-10H,2,11H2,1H3/b17-16-. The van der Waals surface area contributed by atoms with Gasteiger partial charge in [-0.15, -0.1) is 0 Å². The van der Waals surface area contributed by atoms with Crippen LogP contribution in [-0.2, 0) is 16.1 Å². The van der Waals surface area contributed by atoms with Crippen molar-refractivity contribution in [3.8, 4) is 0 Å². The molecule has 5 nitrogen and oxygen atoms in total. The van der Waals surface area contributed by atoms with Gasteiger partial charge in [-0.1, -0.05) is 46.3 Å². The number of nitrogens with zero attached hydrogens (tertiary/aromatic N) is 2. The Morgan fingerprint density at radius 3 is 2.41 bits per heavy atom. The van der Waals surface area contributed by atoms with Gasteiger partial charge in [0, 0.05) is 16.6 Å². The Balaban J connectivity index is 1.77. The number of thioether (sulfide) groups is 1. The summed E-state index contributed by atoms with van der Waals surface area (Å²) >= 11 is 4.26. The number of likely N-dealkylation sites (N-methyl/N-ethyl adjacent to an activating group) is 1. The molecule has 7 heteroatoms. The van der Waals surface area contributed by atoms with Crippen molar-refractivity contribution in [2.45, 2.75) is 13.5 Å². The quantitative estimate of drug-likeness (QED) is 0.659. The first-order valence-corrected chi connectivity index (χ1v) is 10.1. The van der Waals surface area contributed by atoms with Crippen molar-refractivity contribution in [2.75, 3.05) is 11.4 Å². The summed E-state index contributed by atoms with van der Waals surface area (Å²) in [5, 5.41) is -0.356. The minimum absolute atomic E-state index is 0.194. The second-order valence-electron chi connectivity index (χ2n) is 6.16. The summed E-state index contributed by atoms with van der Waals surface area (Å²) in [4.78, 5) is 41.5. The van der Waals surface area contributed by atoms with E-state index in [0.717, 1.165) is 27.5 Å². The van der Waals surface area contributed by atoms with Gasteiger partial charge in [0.15, 0.2) is 0 Å². The molecule has 0 bridgehead atoms. The number of fused-ring (bicyclic) bond motifs is 1. The zero-order valence-corrected chi connectivity index (χ0v) is 16.8. The fourth-order valence-electron chi connectivity index (χ4n) is 3.29. The van der Waals surface area contributed by atoms with E-state index in [9.17, 15) is 14.4 Å². The third kappa shape index (κ3) is 3.00. The van der Waals surface area contributed by atoms with Crippen molar-refractivity contribution < 1.29 is 14.4 Å². The lowest BCUT2D eigenvalue weighted by Gasteiger charge is -2.14. The number of imide groups is 1. The van der Waals surface area contributed by atoms with E-state index < -0.39 is 5.91 Å². The average molecular weight is 443 g/mol. The molecule has 1 fully saturated rings. The molecule has 2 aromatic rings. The summed E-state index contributed by atoms with van der Waals surface area (Å²) in [6, 6.07) is 14.9. The molecule has 1 saturated heterocycles. The lowest BCUT2D eigenvalue weighted by Crippen LogP contribution is -2.29. The predicted octanol–water partition coefficient (Wildman–Crippen LogP) is 4.42. The number of anilines is 1. The van der Waals surface area contributed by atoms with Crippen molar-refractivity contribution in [3.63, 3.8) is 0 Å². The molecule has 0 unspecified atom stereocenters. The van der Waals surface area contributed by atoms with Gasteiger partial charge >= 0.3 is 0 Å². The summed E-state index contributed by atoms with van der Waals surface area (Å²) < 4.78 is 0.813. The Morgan fingerprint density at radius 2 is 1.70 bits per heavy atom. The van der Waals surface area contributed by atoms with Crippen LogP contribution >= 0.6 is 27.7 Å². The number of rotatable bonds is 3. The molecule has 0 saturated carbocycles. The average Bonchev–Trinajstić information content (AvgIpc) is 3.09. The molecule has 0 atom stereocenters. The van der Waals surface area contributed by atoms with Gasteiger partial charge < -0.3 is 4.90 Å². The number of hydrogen-bond acceptors (Lipinski definition) is 4. The Kier molecular flexibility index (Phi) is 4.65. The van der Waals surface area contributed by atoms with Crippen LogP contribution < -0.4 is 4.90 Å². The van der Waals surface area contributed by atoms with Gasteiger partial charge in [0.2, 0.25) is 0 Å². The van der Waals surface area contributed by atoms with Crippen LogP contribution in [0.5, 0.6) is 0 Å². The van der Waals surface area contributed by atoms with E-state index in [4.69, 9.17) is 0 Å². The third-order valence-corrected chi connectivity index (χ3v) is 6.02. The maximum Gasteiger partial charge on any atom is 0.293 e. The molecule has 2 aliphatic heterocycles. The maximum absolute atomic E-state index is 13.0. The van der Waals surface area contributed by atoms with Gasteiger partial charge in [0.05, 0.1) is 22.7 Å². The van der Waals surface area contributed by atoms with Crippen LogP contribution in [-0.4, -0.2) is 28.5 Å². The molecule has 27 heavy (non-hydrogen) atoms. The first-order chi connectivity index (χ1) is 13.0. The highest BCUT2D eigenvalue weighted by atomic mass is 79.9. The second-order valence-corrected chi connectivity index (χ2v) is 8.04. The SMILES string of the molecule is CCN1C(=O)/C(=C2\SC(=O)N(Cc3ccccc3)C2=O)c2cc(Br)ccc21. The van der Waals surface area contributed by atoms with Gasteiger partial charge in [0.25, 0.3) is 17.1 Å². The van der Waals surface area contributed by atoms with Gasteiger partial charge in [-0.3, -0.25) is 19.3 Å². The van der Waals surface area contributed by atoms with Gasteiger partial charge in [-0.2, -0.15) is 0 Å². The zero-order valence-electron chi connectivity index (χ0n) is 14.4. The molecule has 4 rings (SSSR count). The largest absolute Gasteiger partial charge is 0.308 e. The van der Waals surface area contributed by atoms with Gasteiger partial charge in [-0.05, 0) is 42.4 Å². The molecular formula is C20H15BrN2O3S. The highest BCUT2D eigenvalue weighted by Crippen LogP contribution is 2.45. The third-order valence-electron chi connectivity index (χ3n) is 4.55. The summed E-state index contributed by atoms with van der Waals surface area (Å²) in [7, 11) is 0. The molecule has 0 aromatic heterocycles. The van der Waals surface area contributed by atoms with Crippen molar-refractivity contribution in [1.82, 2.24) is 4.90 Å². The Morgan fingerprint density at radius 1 is 0.963 bits per heavy atom. The lowest BCUT2D eigenvalue weighted by molar-refractivity contribution is -0.123. The highest BCUT2D eigenvalue weighted by Gasteiger charge is 2.43. The number of benzene rings is 2. The van der Waals surface area contributed by atoms with E-state index in [1.54, 1.807) is 4.90 Å². The van der Waals surface area contributed by atoms with E-state index in [-0.39, 0.29) is 22.6 Å². The van der Waals surface area contributed by atoms with Crippen LogP contribution in [0.4, 0.5) is 10.5 Å². The van der Waals surface area contributed by atoms with E-state index in [0.29, 0.717) is 17.7 Å². The van der Waals surface area contributed by atoms with Crippen molar-refractivity contribution in [1.29, 1.82) is 0 Å². The minimum atomic E-state index is -0.416. The molecule has 3 amide bonds. The van der Waals surface area contributed by atoms with E-state index >= 15 is 0 Å². The lowest BCUT2D eigenvalue weighted by atomic mass is 10.1. The molecule has 2 aromatic carbocycles. The number of carbonyl (C=O) groups is 3. The smallest absolute Gasteiger partial charge is 0.293 e. The van der Waals surface area contributed by atoms with Crippen LogP contribution in [0.3, 0.4) is 0 Å². The highest BCUT2D eigenvalue weighted by molar-refractivity contribution is 9.10. The first-order valence-electron chi connectivity index (χ1n) is 8.45. The van der Waals surface area contributed by atoms with Gasteiger partial charge in [-0.25, -0.2) is 0 Å². The molecule has 2 heterocycles. The number of carbonyl (C=O) groups excluding carboxylic acids is 3. The summed E-state index contributed by atoms with van der Waals surface area (Å²) in [5.41, 5.74) is 2.62. The van der Waals surface area contributed by atoms with Crippen molar-refractivity contribution in [3.05, 3.63) is 69.0 Å². The Bertz CT molecular complexity index is 1000. The Hall–Kier alpha value is -2.38. The van der Waals surface area contributed by atoms with Crippen LogP contribution in [0, 0.1) is 0 Å². The van der Waals surface area contributed by atoms with Crippen LogP contribution in [0.1, 0.15) is 18.1 Å². The summed E-state index contributed by atoms with van der Waals surface area (Å²) in [5.74, 6) is -0.656. The predicted molar refractivity (Wildman–Crippen MR) is 109 cm³/mol. The molecule has 0 spiro atoms. The molecule has 0 N–H and O–H groups in total. The molecule has 0 aliphatic carbocycles. The summed E-state index contributed by atoms with van der Waals surface area (Å²) in [6.45, 7) is 2.57. The second kappa shape index (κ2) is 6.98. The fraction of sp³-hybridized carbons (Fsp3) is 0.150. The van der Waals surface area contributed by atoms with Crippen LogP contribution in [0.25, 0.3) is 5.57 Å². The van der Waals surface area contributed by atoms with E-state index in [1.165, 1.54) is 4.90 Å². The normalized spacial score (nSPS) is 19.3. The monoisotopic (exact) mass is 442 g/mol. The topological polar surface area (TPSA) is 57.7 Å². The fourth-order valence-corrected chi connectivity index (χ4v) is 4.58. The zero-order chi connectivity index (χ0) is 19.1. The summed E-state index contributed by atoms with van der Waals surface area (Å²) in [6.07, 6.45) is 0. The van der Waals surface area contributed by atoms with Crippen LogP contribution in [0.15, 0.2) is 57.9 Å². The van der Waals surface area contributed by atoms with E-state index in [2.05, 4.69) is 15.9 Å².